The third-order valence-electron chi connectivity index (χ3n) is 10.7. The van der Waals surface area contributed by atoms with Crippen LogP contribution in [0, 0.1) is 23.3 Å². The zero-order valence-corrected chi connectivity index (χ0v) is 33.0. The molecule has 2 aliphatic rings. The van der Waals surface area contributed by atoms with E-state index < -0.39 is 64.0 Å². The first-order valence-electron chi connectivity index (χ1n) is 19.0. The number of amides is 2. The van der Waals surface area contributed by atoms with E-state index in [0.717, 1.165) is 24.4 Å². The van der Waals surface area contributed by atoms with E-state index in [4.69, 9.17) is 16.2 Å². The number of anilines is 2. The molecule has 4 heterocycles. The number of pyridine rings is 2. The molecular weight excluding hydrogens is 839 g/mol. The fraction of sp³-hybridized carbons (Fsp3) is 0.268. The molecule has 7 N–H and O–H groups in total. The van der Waals surface area contributed by atoms with Crippen molar-refractivity contribution in [3.8, 4) is 34.0 Å². The molecule has 8 rings (SSSR count). The average molecular weight is 875 g/mol. The second-order valence-electron chi connectivity index (χ2n) is 14.8. The summed E-state index contributed by atoms with van der Waals surface area (Å²) in [6.45, 7) is 0.246. The smallest absolute Gasteiger partial charge is 0.252 e. The summed E-state index contributed by atoms with van der Waals surface area (Å²) < 4.78 is 89.6. The lowest BCUT2D eigenvalue weighted by molar-refractivity contribution is 0.0960. The molecule has 4 aromatic heterocycles. The number of nitrogens with two attached hydrogens (primary N) is 2. The van der Waals surface area contributed by atoms with Crippen molar-refractivity contribution in [1.82, 2.24) is 40.3 Å². The van der Waals surface area contributed by atoms with Crippen LogP contribution in [0.2, 0.25) is 0 Å². The molecule has 0 atom stereocenters. The van der Waals surface area contributed by atoms with Crippen molar-refractivity contribution < 1.29 is 45.8 Å². The van der Waals surface area contributed by atoms with Gasteiger partial charge in [0.2, 0.25) is 11.9 Å². The zero-order valence-electron chi connectivity index (χ0n) is 33.0. The Labute approximate surface area is 353 Å². The second kappa shape index (κ2) is 17.8. The van der Waals surface area contributed by atoms with Crippen LogP contribution in [-0.4, -0.2) is 89.8 Å². The molecule has 6 aromatic rings. The van der Waals surface area contributed by atoms with Crippen LogP contribution in [0.4, 0.5) is 38.2 Å². The number of carbonyl (C=O) groups is 2. The highest BCUT2D eigenvalue weighted by Gasteiger charge is 2.49. The standard InChI is InChI=1S/C21H19F3N6O2.C20H17F3N6O2/c1-32-17-12(19(25)31)4-5-13(23)16(17)15-9-27-20(30-29-15)28-10-21(7-11(22)8-21)18-14(24)3-2-6-26-18;21-10-6-20(7-10,17-13(23)2-1-5-25-17)9-27-19-26-8-14(28-29-19)15-12(22)4-3-11(16(15)30)18(24)31/h2-6,9,11H,7-8,10H2,1H3,(H2,25,31)(H,27,28,30);1-5,8,10,30H,6-7,9H2,(H2,24,31)(H,26,27,29). The maximum Gasteiger partial charge on any atom is 0.252 e. The van der Waals surface area contributed by atoms with Gasteiger partial charge < -0.3 is 31.9 Å². The lowest BCUT2D eigenvalue weighted by Gasteiger charge is -2.43. The molecule has 2 aliphatic carbocycles. The molecule has 63 heavy (non-hydrogen) atoms. The predicted molar refractivity (Wildman–Crippen MR) is 213 cm³/mol. The summed E-state index contributed by atoms with van der Waals surface area (Å²) in [6, 6.07) is 9.79. The molecule has 16 nitrogen and oxygen atoms in total. The highest BCUT2D eigenvalue weighted by molar-refractivity contribution is 5.98. The summed E-state index contributed by atoms with van der Waals surface area (Å²) in [5, 5.41) is 31.5. The van der Waals surface area contributed by atoms with Gasteiger partial charge >= 0.3 is 0 Å². The number of nitrogens with one attached hydrogen (secondary N) is 2. The van der Waals surface area contributed by atoms with Crippen LogP contribution in [0.3, 0.4) is 0 Å². The Morgan fingerprint density at radius 3 is 1.51 bits per heavy atom. The minimum absolute atomic E-state index is 0.0157. The molecule has 0 aliphatic heterocycles. The monoisotopic (exact) mass is 874 g/mol. The molecule has 2 aromatic carbocycles. The fourth-order valence-electron chi connectivity index (χ4n) is 7.62. The Morgan fingerprint density at radius 1 is 0.667 bits per heavy atom. The van der Waals surface area contributed by atoms with E-state index in [-0.39, 0.29) is 101 Å². The molecule has 2 amide bonds. The van der Waals surface area contributed by atoms with E-state index in [9.17, 15) is 41.0 Å². The molecule has 0 saturated heterocycles. The molecule has 0 radical (unpaired) electrons. The van der Waals surface area contributed by atoms with Crippen molar-refractivity contribution in [3.63, 3.8) is 0 Å². The zero-order chi connectivity index (χ0) is 45.1. The third-order valence-corrected chi connectivity index (χ3v) is 10.7. The summed E-state index contributed by atoms with van der Waals surface area (Å²) in [6.07, 6.45) is 3.60. The lowest BCUT2D eigenvalue weighted by Crippen LogP contribution is -2.49. The normalized spacial score (nSPS) is 20.0. The number of ether oxygens (including phenoxy) is 1. The highest BCUT2D eigenvalue weighted by atomic mass is 19.2. The first-order valence-corrected chi connectivity index (χ1v) is 19.0. The van der Waals surface area contributed by atoms with Crippen LogP contribution in [0.15, 0.2) is 73.3 Å². The summed E-state index contributed by atoms with van der Waals surface area (Å²) in [5.74, 6) is -4.93. The van der Waals surface area contributed by atoms with Gasteiger partial charge in [-0.15, -0.1) is 20.4 Å². The van der Waals surface area contributed by atoms with Gasteiger partial charge in [0, 0.05) is 36.3 Å². The van der Waals surface area contributed by atoms with E-state index in [1.54, 1.807) is 0 Å². The SMILES string of the molecule is COc1c(C(N)=O)ccc(F)c1-c1cnc(NCC2(c3ncccc3F)CC(F)C2)nn1.NC(=O)c1ccc(F)c(-c2cnc(NCC3(c4ncccc4F)CC(F)C3)nn2)c1O. The number of carbonyl (C=O) groups excluding carboxylic acids is 2. The van der Waals surface area contributed by atoms with E-state index in [0.29, 0.717) is 0 Å². The number of rotatable bonds is 13. The van der Waals surface area contributed by atoms with E-state index in [1.807, 2.05) is 0 Å². The van der Waals surface area contributed by atoms with Crippen molar-refractivity contribution in [3.05, 3.63) is 119 Å². The molecule has 0 bridgehead atoms. The number of halogens is 6. The lowest BCUT2D eigenvalue weighted by atomic mass is 9.65. The minimum atomic E-state index is -1.06. The minimum Gasteiger partial charge on any atom is -0.506 e. The predicted octanol–water partition coefficient (Wildman–Crippen LogP) is 5.30. The number of alkyl halides is 2. The van der Waals surface area contributed by atoms with Crippen LogP contribution >= 0.6 is 0 Å². The number of hydrogen-bond acceptors (Lipinski definition) is 14. The number of benzene rings is 2. The molecular formula is C41H36F6N12O4. The van der Waals surface area contributed by atoms with Gasteiger partial charge in [-0.3, -0.25) is 19.6 Å². The number of aromatic hydroxyl groups is 1. The number of phenols is 1. The van der Waals surface area contributed by atoms with Crippen LogP contribution < -0.4 is 26.8 Å². The average Bonchev–Trinajstić information content (AvgIpc) is 3.24. The Bertz CT molecular complexity index is 2650. The maximum atomic E-state index is 14.5. The van der Waals surface area contributed by atoms with E-state index >= 15 is 0 Å². The van der Waals surface area contributed by atoms with Crippen molar-refractivity contribution in [2.75, 3.05) is 30.8 Å². The number of nitrogens with zero attached hydrogens (tertiary/aromatic N) is 8. The first kappa shape index (κ1) is 43.6. The third kappa shape index (κ3) is 8.81. The van der Waals surface area contributed by atoms with Gasteiger partial charge in [0.25, 0.3) is 11.8 Å². The Morgan fingerprint density at radius 2 is 1.11 bits per heavy atom. The van der Waals surface area contributed by atoms with Crippen LogP contribution in [0.5, 0.6) is 11.5 Å². The summed E-state index contributed by atoms with van der Waals surface area (Å²) in [5.41, 5.74) is 8.27. The van der Waals surface area contributed by atoms with Crippen molar-refractivity contribution in [2.45, 2.75) is 48.9 Å². The van der Waals surface area contributed by atoms with E-state index in [2.05, 4.69) is 51.0 Å². The number of hydrogen-bond donors (Lipinski definition) is 5. The van der Waals surface area contributed by atoms with Gasteiger partial charge in [0.15, 0.2) is 0 Å². The van der Waals surface area contributed by atoms with Gasteiger partial charge in [-0.05, 0) is 74.2 Å². The topological polar surface area (TPSA) is 243 Å². The molecule has 0 spiro atoms. The Kier molecular flexibility index (Phi) is 12.3. The van der Waals surface area contributed by atoms with Gasteiger partial charge in [0.05, 0.1) is 53.1 Å². The van der Waals surface area contributed by atoms with Crippen LogP contribution in [0.1, 0.15) is 57.8 Å². The molecule has 2 fully saturated rings. The summed E-state index contributed by atoms with van der Waals surface area (Å²) >= 11 is 0. The van der Waals surface area contributed by atoms with Crippen molar-refractivity contribution in [2.24, 2.45) is 11.5 Å². The summed E-state index contributed by atoms with van der Waals surface area (Å²) in [7, 11) is 1.27. The van der Waals surface area contributed by atoms with Crippen molar-refractivity contribution in [1.29, 1.82) is 0 Å². The molecule has 22 heteroatoms. The second-order valence-corrected chi connectivity index (χ2v) is 14.8. The maximum absolute atomic E-state index is 14.5. The molecule has 326 valence electrons. The Balaban J connectivity index is 0.000000189. The van der Waals surface area contributed by atoms with Crippen LogP contribution in [-0.2, 0) is 10.8 Å². The summed E-state index contributed by atoms with van der Waals surface area (Å²) in [4.78, 5) is 39.3. The van der Waals surface area contributed by atoms with Gasteiger partial charge in [0.1, 0.15) is 58.5 Å². The van der Waals surface area contributed by atoms with Crippen molar-refractivity contribution >= 4 is 23.7 Å². The largest absolute Gasteiger partial charge is 0.506 e. The van der Waals surface area contributed by atoms with Gasteiger partial charge in [-0.25, -0.2) is 36.3 Å². The van der Waals surface area contributed by atoms with Gasteiger partial charge in [-0.1, -0.05) is 0 Å². The quantitative estimate of drug-likeness (QED) is 0.0926. The van der Waals surface area contributed by atoms with Crippen LogP contribution in [0.25, 0.3) is 22.5 Å². The number of methoxy groups -OCH3 is 1. The highest BCUT2D eigenvalue weighted by Crippen LogP contribution is 2.47. The molecule has 0 unspecified atom stereocenters. The first-order chi connectivity index (χ1) is 30.1. The number of primary amides is 2. The van der Waals surface area contributed by atoms with Gasteiger partial charge in [-0.2, -0.15) is 0 Å². The Hall–Kier alpha value is -7.52. The van der Waals surface area contributed by atoms with E-state index in [1.165, 1.54) is 56.0 Å². The molecule has 2 saturated carbocycles. The number of aromatic nitrogens is 8. The fourth-order valence-corrected chi connectivity index (χ4v) is 7.62.